The van der Waals surface area contributed by atoms with Crippen molar-refractivity contribution in [2.75, 3.05) is 50.6 Å². The van der Waals surface area contributed by atoms with Crippen LogP contribution in [0.4, 0.5) is 24.5 Å². The molecule has 0 amide bonds. The fourth-order valence-electron chi connectivity index (χ4n) is 6.66. The number of fused-ring (bicyclic) bond motifs is 1. The maximum Gasteiger partial charge on any atom is 0.406 e. The molecule has 3 fully saturated rings. The molecular weight excluding hydrogens is 553 g/mol. The van der Waals surface area contributed by atoms with Crippen molar-refractivity contribution < 1.29 is 22.6 Å². The average Bonchev–Trinajstić information content (AvgIpc) is 3.23. The molecule has 3 heterocycles. The van der Waals surface area contributed by atoms with E-state index < -0.39 is 12.7 Å². The van der Waals surface area contributed by atoms with E-state index in [0.717, 1.165) is 57.7 Å². The van der Waals surface area contributed by atoms with Crippen LogP contribution in [-0.2, 0) is 11.3 Å². The van der Waals surface area contributed by atoms with Crippen LogP contribution in [-0.4, -0.2) is 67.7 Å². The number of hydrogen-bond acceptors (Lipinski definition) is 5. The summed E-state index contributed by atoms with van der Waals surface area (Å²) in [6.45, 7) is 3.22. The molecule has 2 aliphatic heterocycles. The lowest BCUT2D eigenvalue weighted by Gasteiger charge is -2.58. The van der Waals surface area contributed by atoms with E-state index in [4.69, 9.17) is 26.8 Å². The van der Waals surface area contributed by atoms with Gasteiger partial charge in [0, 0.05) is 52.8 Å². The first-order valence-corrected chi connectivity index (χ1v) is 14.4. The summed E-state index contributed by atoms with van der Waals surface area (Å²) in [5.41, 5.74) is 8.49. The molecule has 0 bridgehead atoms. The minimum Gasteiger partial charge on any atom is -0.495 e. The van der Waals surface area contributed by atoms with Gasteiger partial charge in [-0.2, -0.15) is 13.2 Å². The number of hydrogen-bond donors (Lipinski definition) is 1. The molecule has 41 heavy (non-hydrogen) atoms. The second-order valence-electron chi connectivity index (χ2n) is 11.6. The van der Waals surface area contributed by atoms with Crippen LogP contribution in [0.5, 0.6) is 5.75 Å². The van der Waals surface area contributed by atoms with Gasteiger partial charge in [0.1, 0.15) is 12.3 Å². The topological polar surface area (TPSA) is 55.9 Å². The van der Waals surface area contributed by atoms with Crippen LogP contribution in [0.25, 0.3) is 10.9 Å². The second-order valence-corrected chi connectivity index (χ2v) is 12.1. The van der Waals surface area contributed by atoms with Crippen molar-refractivity contribution in [2.45, 2.75) is 50.5 Å². The normalized spacial score (nSPS) is 22.1. The molecule has 218 valence electrons. The summed E-state index contributed by atoms with van der Waals surface area (Å²) in [5, 5.41) is 1.14. The lowest BCUT2D eigenvalue weighted by atomic mass is 9.75. The molecule has 1 aromatic heterocycles. The SMILES string of the molecule is COc1cc(Cl)ccc1N(CC#Cc1cc2c(N)cccc2n1CC(F)(F)F)C1CCC(N2CC3(COC3)C2)CC1. The highest BCUT2D eigenvalue weighted by Gasteiger charge is 2.51. The van der Waals surface area contributed by atoms with Crippen molar-refractivity contribution in [3.63, 3.8) is 0 Å². The summed E-state index contributed by atoms with van der Waals surface area (Å²) >= 11 is 6.26. The summed E-state index contributed by atoms with van der Waals surface area (Å²) in [5.74, 6) is 6.87. The van der Waals surface area contributed by atoms with Gasteiger partial charge in [-0.1, -0.05) is 23.6 Å². The van der Waals surface area contributed by atoms with Crippen molar-refractivity contribution in [3.8, 4) is 17.6 Å². The van der Waals surface area contributed by atoms with Crippen LogP contribution in [0.1, 0.15) is 31.4 Å². The van der Waals surface area contributed by atoms with E-state index in [1.54, 1.807) is 37.4 Å². The number of nitrogen functional groups attached to an aromatic ring is 1. The molecule has 10 heteroatoms. The Labute approximate surface area is 243 Å². The van der Waals surface area contributed by atoms with Crippen LogP contribution >= 0.6 is 11.6 Å². The average molecular weight is 587 g/mol. The van der Waals surface area contributed by atoms with Crippen LogP contribution in [0.2, 0.25) is 5.02 Å². The first-order valence-electron chi connectivity index (χ1n) is 14.0. The zero-order chi connectivity index (χ0) is 28.8. The largest absolute Gasteiger partial charge is 0.495 e. The quantitative estimate of drug-likeness (QED) is 0.286. The molecule has 3 aromatic rings. The van der Waals surface area contributed by atoms with Crippen LogP contribution < -0.4 is 15.4 Å². The van der Waals surface area contributed by atoms with Gasteiger partial charge in [0.15, 0.2) is 0 Å². The number of benzene rings is 2. The lowest BCUT2D eigenvalue weighted by Crippen LogP contribution is -2.68. The monoisotopic (exact) mass is 586 g/mol. The van der Waals surface area contributed by atoms with Gasteiger partial charge < -0.3 is 24.7 Å². The maximum absolute atomic E-state index is 13.5. The molecule has 0 radical (unpaired) electrons. The molecule has 6 nitrogen and oxygen atoms in total. The predicted octanol–water partition coefficient (Wildman–Crippen LogP) is 5.95. The van der Waals surface area contributed by atoms with Gasteiger partial charge in [-0.15, -0.1) is 0 Å². The molecule has 2 aromatic carbocycles. The summed E-state index contributed by atoms with van der Waals surface area (Å²) in [6, 6.07) is 13.0. The predicted molar refractivity (Wildman–Crippen MR) is 156 cm³/mol. The van der Waals surface area contributed by atoms with Crippen LogP contribution in [0.15, 0.2) is 42.5 Å². The van der Waals surface area contributed by atoms with E-state index in [9.17, 15) is 13.2 Å². The molecule has 6 rings (SSSR count). The standard InChI is InChI=1S/C31H34ClF3N4O2/c1-40-29-14-21(32)7-12-28(29)38(23-10-8-22(9-11-23)37-16-30(17-37)19-41-20-30)13-3-4-24-15-25-26(36)5-2-6-27(25)39(24)18-31(33,34)35/h2,5-7,12,14-15,22-23H,8-11,13,16-20,36H2,1H3. The Morgan fingerprint density at radius 3 is 2.54 bits per heavy atom. The lowest BCUT2D eigenvalue weighted by molar-refractivity contribution is -0.200. The molecular formula is C31H34ClF3N4O2. The first-order chi connectivity index (χ1) is 19.6. The third-order valence-corrected chi connectivity index (χ3v) is 8.99. The summed E-state index contributed by atoms with van der Waals surface area (Å²) in [6.07, 6.45) is -0.247. The fourth-order valence-corrected chi connectivity index (χ4v) is 6.82. The first kappa shape index (κ1) is 28.1. The Morgan fingerprint density at radius 2 is 1.88 bits per heavy atom. The Bertz CT molecular complexity index is 1470. The molecule has 0 atom stereocenters. The zero-order valence-electron chi connectivity index (χ0n) is 23.0. The number of nitrogens with two attached hydrogens (primary N) is 1. The molecule has 1 spiro atoms. The van der Waals surface area contributed by atoms with Crippen LogP contribution in [0, 0.1) is 17.3 Å². The Hall–Kier alpha value is -3.06. The number of rotatable bonds is 6. The van der Waals surface area contributed by atoms with Gasteiger partial charge in [-0.3, -0.25) is 4.90 Å². The van der Waals surface area contributed by atoms with Crippen molar-refractivity contribution in [1.29, 1.82) is 0 Å². The number of halogens is 4. The second kappa shape index (κ2) is 11.0. The van der Waals surface area contributed by atoms with Gasteiger partial charge in [0.05, 0.1) is 43.8 Å². The summed E-state index contributed by atoms with van der Waals surface area (Å²) in [4.78, 5) is 4.82. The summed E-state index contributed by atoms with van der Waals surface area (Å²) < 4.78 is 52.8. The van der Waals surface area contributed by atoms with Crippen molar-refractivity contribution in [2.24, 2.45) is 5.41 Å². The Morgan fingerprint density at radius 1 is 1.12 bits per heavy atom. The van der Waals surface area contributed by atoms with E-state index in [1.165, 1.54) is 4.57 Å². The van der Waals surface area contributed by atoms with Crippen LogP contribution in [0.3, 0.4) is 0 Å². The fraction of sp³-hybridized carbons (Fsp3) is 0.484. The van der Waals surface area contributed by atoms with E-state index in [0.29, 0.717) is 45.4 Å². The molecule has 1 saturated carbocycles. The van der Waals surface area contributed by atoms with Gasteiger partial charge >= 0.3 is 6.18 Å². The minimum absolute atomic E-state index is 0.217. The van der Waals surface area contributed by atoms with E-state index in [-0.39, 0.29) is 11.7 Å². The number of likely N-dealkylation sites (tertiary alicyclic amines) is 1. The highest BCUT2D eigenvalue weighted by atomic mass is 35.5. The van der Waals surface area contributed by atoms with E-state index in [2.05, 4.69) is 21.6 Å². The molecule has 2 saturated heterocycles. The number of methoxy groups -OCH3 is 1. The smallest absolute Gasteiger partial charge is 0.406 e. The van der Waals surface area contributed by atoms with E-state index in [1.807, 2.05) is 12.1 Å². The van der Waals surface area contributed by atoms with Crippen molar-refractivity contribution in [1.82, 2.24) is 9.47 Å². The molecule has 1 aliphatic carbocycles. The third kappa shape index (κ3) is 5.70. The molecule has 2 N–H and O–H groups in total. The number of ether oxygens (including phenoxy) is 2. The Balaban J connectivity index is 1.25. The Kier molecular flexibility index (Phi) is 7.52. The van der Waals surface area contributed by atoms with Gasteiger partial charge in [-0.05, 0) is 61.9 Å². The number of anilines is 2. The number of alkyl halides is 3. The van der Waals surface area contributed by atoms with Gasteiger partial charge in [0.2, 0.25) is 0 Å². The molecule has 0 unspecified atom stereocenters. The maximum atomic E-state index is 13.5. The minimum atomic E-state index is -4.39. The summed E-state index contributed by atoms with van der Waals surface area (Å²) in [7, 11) is 1.61. The van der Waals surface area contributed by atoms with Gasteiger partial charge in [-0.25, -0.2) is 0 Å². The van der Waals surface area contributed by atoms with Gasteiger partial charge in [0.25, 0.3) is 0 Å². The molecule has 3 aliphatic rings. The zero-order valence-corrected chi connectivity index (χ0v) is 23.8. The highest BCUT2D eigenvalue weighted by molar-refractivity contribution is 6.30. The number of nitrogens with zero attached hydrogens (tertiary/aromatic N) is 3. The third-order valence-electron chi connectivity index (χ3n) is 8.75. The number of aromatic nitrogens is 1. The highest BCUT2D eigenvalue weighted by Crippen LogP contribution is 2.42. The van der Waals surface area contributed by atoms with Crippen molar-refractivity contribution >= 4 is 33.9 Å². The van der Waals surface area contributed by atoms with E-state index >= 15 is 0 Å². The van der Waals surface area contributed by atoms with Crippen molar-refractivity contribution in [3.05, 3.63) is 53.2 Å².